The summed E-state index contributed by atoms with van der Waals surface area (Å²) in [6, 6.07) is 4.44. The molecule has 0 fully saturated rings. The highest BCUT2D eigenvalue weighted by atomic mass is 79.9. The van der Waals surface area contributed by atoms with Crippen molar-refractivity contribution in [1.29, 1.82) is 0 Å². The number of hydrogen-bond donors (Lipinski definition) is 0. The van der Waals surface area contributed by atoms with Crippen LogP contribution in [0, 0.1) is 0 Å². The van der Waals surface area contributed by atoms with Gasteiger partial charge in [-0.15, -0.1) is 0 Å². The Bertz CT molecular complexity index is 432. The number of carbonyl (C=O) groups excluding carboxylic acids is 1. The van der Waals surface area contributed by atoms with Gasteiger partial charge in [-0.05, 0) is 18.2 Å². The zero-order valence-electron chi connectivity index (χ0n) is 9.96. The fraction of sp³-hybridized carbons (Fsp3) is 0.417. The molecule has 0 N–H and O–H groups in total. The highest BCUT2D eigenvalue weighted by Gasteiger charge is 2.31. The average Bonchev–Trinajstić information content (AvgIpc) is 2.26. The number of hydrogen-bond acceptors (Lipinski definition) is 1. The molecule has 1 rings (SSSR count). The van der Waals surface area contributed by atoms with Crippen LogP contribution < -0.4 is 0 Å². The Hall–Kier alpha value is -1.04. The minimum atomic E-state index is -4.43. The second-order valence-electron chi connectivity index (χ2n) is 4.05. The molecule has 2 nitrogen and oxygen atoms in total. The summed E-state index contributed by atoms with van der Waals surface area (Å²) in [5, 5.41) is 0. The van der Waals surface area contributed by atoms with Crippen molar-refractivity contribution >= 4 is 21.8 Å². The van der Waals surface area contributed by atoms with Gasteiger partial charge in [0.15, 0.2) is 0 Å². The lowest BCUT2D eigenvalue weighted by Gasteiger charge is -2.19. The van der Waals surface area contributed by atoms with Crippen molar-refractivity contribution in [2.24, 2.45) is 0 Å². The van der Waals surface area contributed by atoms with Crippen molar-refractivity contribution in [2.45, 2.75) is 17.9 Å². The van der Waals surface area contributed by atoms with Crippen LogP contribution in [-0.4, -0.2) is 29.2 Å². The normalized spacial score (nSPS) is 13.2. The fourth-order valence-electron chi connectivity index (χ4n) is 1.51. The van der Waals surface area contributed by atoms with Gasteiger partial charge in [-0.2, -0.15) is 13.2 Å². The van der Waals surface area contributed by atoms with Crippen molar-refractivity contribution in [1.82, 2.24) is 4.90 Å². The first-order valence-corrected chi connectivity index (χ1v) is 6.20. The van der Waals surface area contributed by atoms with Crippen molar-refractivity contribution in [2.75, 3.05) is 13.6 Å². The lowest BCUT2D eigenvalue weighted by molar-refractivity contribution is -0.137. The molecule has 0 bridgehead atoms. The molecule has 0 aromatic heterocycles. The number of rotatable bonds is 3. The van der Waals surface area contributed by atoms with Crippen molar-refractivity contribution < 1.29 is 18.0 Å². The SMILES string of the molecule is CC(Br)CN(C)C(=O)c1cccc(C(F)(F)F)c1. The third-order valence-corrected chi connectivity index (χ3v) is 2.60. The van der Waals surface area contributed by atoms with Crippen molar-refractivity contribution in [3.8, 4) is 0 Å². The van der Waals surface area contributed by atoms with Gasteiger partial charge in [0.25, 0.3) is 5.91 Å². The molecule has 18 heavy (non-hydrogen) atoms. The summed E-state index contributed by atoms with van der Waals surface area (Å²) < 4.78 is 37.5. The Labute approximate surface area is 112 Å². The number of halogens is 4. The summed E-state index contributed by atoms with van der Waals surface area (Å²) in [4.78, 5) is 13.4. The van der Waals surface area contributed by atoms with Gasteiger partial charge in [0.2, 0.25) is 0 Å². The summed E-state index contributed by atoms with van der Waals surface area (Å²) in [6.45, 7) is 2.28. The van der Waals surface area contributed by atoms with Crippen LogP contribution >= 0.6 is 15.9 Å². The van der Waals surface area contributed by atoms with Crippen molar-refractivity contribution in [3.05, 3.63) is 35.4 Å². The number of nitrogens with zero attached hydrogens (tertiary/aromatic N) is 1. The zero-order chi connectivity index (χ0) is 13.9. The molecule has 0 aliphatic rings. The topological polar surface area (TPSA) is 20.3 Å². The van der Waals surface area contributed by atoms with Crippen LogP contribution in [0.3, 0.4) is 0 Å². The first-order chi connectivity index (χ1) is 8.21. The van der Waals surface area contributed by atoms with Gasteiger partial charge >= 0.3 is 6.18 Å². The van der Waals surface area contributed by atoms with Gasteiger partial charge in [-0.1, -0.05) is 28.9 Å². The Morgan fingerprint density at radius 2 is 2.06 bits per heavy atom. The average molecular weight is 324 g/mol. The van der Waals surface area contributed by atoms with Crippen LogP contribution in [-0.2, 0) is 6.18 Å². The molecule has 0 spiro atoms. The highest BCUT2D eigenvalue weighted by Crippen LogP contribution is 2.29. The largest absolute Gasteiger partial charge is 0.416 e. The van der Waals surface area contributed by atoms with E-state index in [-0.39, 0.29) is 10.4 Å². The molecule has 6 heteroatoms. The molecule has 1 amide bonds. The van der Waals surface area contributed by atoms with Gasteiger partial charge in [0.1, 0.15) is 0 Å². The van der Waals surface area contributed by atoms with E-state index in [2.05, 4.69) is 15.9 Å². The predicted molar refractivity (Wildman–Crippen MR) is 66.8 cm³/mol. The molecule has 1 aromatic rings. The number of benzene rings is 1. The van der Waals surface area contributed by atoms with E-state index in [1.165, 1.54) is 17.0 Å². The summed E-state index contributed by atoms with van der Waals surface area (Å²) in [7, 11) is 1.56. The molecule has 0 radical (unpaired) electrons. The molecule has 0 heterocycles. The van der Waals surface area contributed by atoms with E-state index >= 15 is 0 Å². The molecule has 100 valence electrons. The van der Waals surface area contributed by atoms with Gasteiger partial charge in [0, 0.05) is 24.0 Å². The molecule has 0 saturated carbocycles. The van der Waals surface area contributed by atoms with Crippen LogP contribution in [0.25, 0.3) is 0 Å². The molecule has 1 aromatic carbocycles. The minimum Gasteiger partial charge on any atom is -0.341 e. The molecular formula is C12H13BrF3NO. The van der Waals surface area contributed by atoms with Gasteiger partial charge in [0.05, 0.1) is 5.56 Å². The second-order valence-corrected chi connectivity index (χ2v) is 5.61. The fourth-order valence-corrected chi connectivity index (χ4v) is 1.94. The van der Waals surface area contributed by atoms with Crippen molar-refractivity contribution in [3.63, 3.8) is 0 Å². The van der Waals surface area contributed by atoms with Crippen LogP contribution in [0.1, 0.15) is 22.8 Å². The smallest absolute Gasteiger partial charge is 0.341 e. The van der Waals surface area contributed by atoms with E-state index < -0.39 is 17.6 Å². The molecule has 0 aliphatic heterocycles. The number of amides is 1. The minimum absolute atomic E-state index is 0.0421. The number of alkyl halides is 4. The van der Waals surface area contributed by atoms with E-state index in [9.17, 15) is 18.0 Å². The third kappa shape index (κ3) is 4.01. The maximum absolute atomic E-state index is 12.5. The first kappa shape index (κ1) is 15.0. The van der Waals surface area contributed by atoms with E-state index in [0.29, 0.717) is 6.54 Å². The lowest BCUT2D eigenvalue weighted by Crippen LogP contribution is -2.31. The standard InChI is InChI=1S/C12H13BrF3NO/c1-8(13)7-17(2)11(18)9-4-3-5-10(6-9)12(14,15)16/h3-6,8H,7H2,1-2H3. The maximum Gasteiger partial charge on any atom is 0.416 e. The van der Waals surface area contributed by atoms with Gasteiger partial charge in [-0.3, -0.25) is 4.79 Å². The highest BCUT2D eigenvalue weighted by molar-refractivity contribution is 9.09. The zero-order valence-corrected chi connectivity index (χ0v) is 11.5. The third-order valence-electron chi connectivity index (χ3n) is 2.31. The second kappa shape index (κ2) is 5.73. The predicted octanol–water partition coefficient (Wildman–Crippen LogP) is 3.56. The van der Waals surface area contributed by atoms with Crippen LogP contribution in [0.2, 0.25) is 0 Å². The van der Waals surface area contributed by atoms with E-state index in [1.54, 1.807) is 7.05 Å². The summed E-state index contributed by atoms with van der Waals surface area (Å²) in [5.74, 6) is -0.424. The van der Waals surface area contributed by atoms with E-state index in [4.69, 9.17) is 0 Å². The summed E-state index contributed by atoms with van der Waals surface area (Å²) >= 11 is 3.29. The van der Waals surface area contributed by atoms with E-state index in [1.807, 2.05) is 6.92 Å². The molecule has 1 atom stereocenters. The Balaban J connectivity index is 2.93. The Morgan fingerprint density at radius 3 is 2.56 bits per heavy atom. The summed E-state index contributed by atoms with van der Waals surface area (Å²) in [5.41, 5.74) is -0.769. The van der Waals surface area contributed by atoms with Gasteiger partial charge < -0.3 is 4.90 Å². The first-order valence-electron chi connectivity index (χ1n) is 5.28. The molecular weight excluding hydrogens is 311 g/mol. The van der Waals surface area contributed by atoms with Crippen LogP contribution in [0.15, 0.2) is 24.3 Å². The quantitative estimate of drug-likeness (QED) is 0.779. The van der Waals surface area contributed by atoms with Crippen LogP contribution in [0.5, 0.6) is 0 Å². The van der Waals surface area contributed by atoms with E-state index in [0.717, 1.165) is 12.1 Å². The van der Waals surface area contributed by atoms with Crippen LogP contribution in [0.4, 0.5) is 13.2 Å². The van der Waals surface area contributed by atoms with Gasteiger partial charge in [-0.25, -0.2) is 0 Å². The maximum atomic E-state index is 12.5. The molecule has 1 unspecified atom stereocenters. The number of carbonyl (C=O) groups is 1. The molecule has 0 aliphatic carbocycles. The summed E-state index contributed by atoms with van der Waals surface area (Å²) in [6.07, 6.45) is -4.43. The monoisotopic (exact) mass is 323 g/mol. The Morgan fingerprint density at radius 1 is 1.44 bits per heavy atom. The Kier molecular flexibility index (Phi) is 4.78. The lowest BCUT2D eigenvalue weighted by atomic mass is 10.1. The molecule has 0 saturated heterocycles.